The predicted molar refractivity (Wildman–Crippen MR) is 171 cm³/mol. The van der Waals surface area contributed by atoms with E-state index in [0.717, 1.165) is 5.56 Å². The molecule has 13 nitrogen and oxygen atoms in total. The number of carbonyl (C=O) groups is 6. The van der Waals surface area contributed by atoms with Crippen molar-refractivity contribution in [3.8, 4) is 0 Å². The molecule has 0 aliphatic carbocycles. The summed E-state index contributed by atoms with van der Waals surface area (Å²) >= 11 is 0. The quantitative estimate of drug-likeness (QED) is 0.350. The molecule has 0 radical (unpaired) electrons. The van der Waals surface area contributed by atoms with Crippen molar-refractivity contribution in [3.05, 3.63) is 35.9 Å². The highest BCUT2D eigenvalue weighted by atomic mass is 16.3. The first-order chi connectivity index (χ1) is 22.9. The van der Waals surface area contributed by atoms with Gasteiger partial charge < -0.3 is 35.7 Å². The maximum atomic E-state index is 14.3. The van der Waals surface area contributed by atoms with Crippen LogP contribution in [0.25, 0.3) is 0 Å². The smallest absolute Gasteiger partial charge is 0.248 e. The molecule has 47 heavy (non-hydrogen) atoms. The zero-order chi connectivity index (χ0) is 34.7. The summed E-state index contributed by atoms with van der Waals surface area (Å²) in [4.78, 5) is 88.2. The molecule has 0 bridgehead atoms. The third-order valence-electron chi connectivity index (χ3n) is 10.1. The van der Waals surface area contributed by atoms with E-state index in [-0.39, 0.29) is 32.0 Å². The topological polar surface area (TPSA) is 168 Å². The summed E-state index contributed by atoms with van der Waals surface area (Å²) in [6.45, 7) is 5.77. The lowest BCUT2D eigenvalue weighted by Gasteiger charge is -2.36. The Balaban J connectivity index is 1.57. The predicted octanol–water partition coefficient (Wildman–Crippen LogP) is 0.0970. The molecule has 0 saturated carbocycles. The largest absolute Gasteiger partial charge is 0.391 e. The number of carbonyl (C=O) groups excluding carboxylic acids is 6. The maximum Gasteiger partial charge on any atom is 0.248 e. The number of nitrogens with one attached hydrogen (secondary N) is 3. The van der Waals surface area contributed by atoms with Gasteiger partial charge in [0.2, 0.25) is 35.4 Å². The first kappa shape index (κ1) is 32.9. The number of fused-ring (bicyclic) bond motifs is 3. The Labute approximate surface area is 277 Å². The van der Waals surface area contributed by atoms with Crippen LogP contribution in [0.4, 0.5) is 0 Å². The molecule has 1 aromatic carbocycles. The summed E-state index contributed by atoms with van der Waals surface area (Å²) in [7, 11) is 0. The highest BCUT2D eigenvalue weighted by Gasteiger charge is 2.46. The zero-order valence-corrected chi connectivity index (χ0v) is 27.5. The van der Waals surface area contributed by atoms with Crippen LogP contribution in [0.3, 0.4) is 0 Å². The summed E-state index contributed by atoms with van der Waals surface area (Å²) < 4.78 is 9.08. The van der Waals surface area contributed by atoms with Crippen LogP contribution in [0.1, 0.15) is 71.3 Å². The van der Waals surface area contributed by atoms with Crippen LogP contribution in [0.2, 0.25) is 1.41 Å². The minimum atomic E-state index is -1.37. The maximum absolute atomic E-state index is 14.3. The van der Waals surface area contributed by atoms with E-state index < -0.39 is 77.8 Å². The van der Waals surface area contributed by atoms with Gasteiger partial charge in [-0.15, -0.1) is 0 Å². The minimum absolute atomic E-state index is 0.0381. The number of hydrogen-bond acceptors (Lipinski definition) is 7. The Hall–Kier alpha value is -4.00. The van der Waals surface area contributed by atoms with Crippen molar-refractivity contribution in [1.82, 2.24) is 30.6 Å². The number of aliphatic hydroxyl groups excluding tert-OH is 1. The van der Waals surface area contributed by atoms with Crippen LogP contribution in [0.15, 0.2) is 30.3 Å². The van der Waals surface area contributed by atoms with E-state index in [9.17, 15) is 33.9 Å². The molecule has 1 aromatic rings. The van der Waals surface area contributed by atoms with Crippen molar-refractivity contribution in [2.75, 3.05) is 19.6 Å². The number of nitrogens with zero attached hydrogens (tertiary/aromatic N) is 3. The summed E-state index contributed by atoms with van der Waals surface area (Å²) in [6.07, 6.45) is 1.78. The van der Waals surface area contributed by atoms with Gasteiger partial charge in [-0.1, -0.05) is 50.6 Å². The van der Waals surface area contributed by atoms with Crippen molar-refractivity contribution in [3.63, 3.8) is 0 Å². The molecular formula is C34H48N6O7. The molecule has 4 N–H and O–H groups in total. The van der Waals surface area contributed by atoms with Crippen LogP contribution in [0.5, 0.6) is 0 Å². The number of amides is 6. The molecule has 4 heterocycles. The van der Waals surface area contributed by atoms with E-state index >= 15 is 0 Å². The molecule has 0 unspecified atom stereocenters. The van der Waals surface area contributed by atoms with Crippen LogP contribution < -0.4 is 15.9 Å². The molecule has 8 atom stereocenters. The van der Waals surface area contributed by atoms with Crippen LogP contribution in [-0.2, 0) is 35.2 Å². The van der Waals surface area contributed by atoms with E-state index in [1.807, 2.05) is 13.0 Å². The van der Waals surface area contributed by atoms with Crippen molar-refractivity contribution in [2.24, 2.45) is 5.92 Å². The van der Waals surface area contributed by atoms with Crippen molar-refractivity contribution < 1.29 is 35.3 Å². The second-order valence-corrected chi connectivity index (χ2v) is 13.3. The highest BCUT2D eigenvalue weighted by molar-refractivity contribution is 5.99. The van der Waals surface area contributed by atoms with E-state index in [1.54, 1.807) is 31.2 Å². The molecule has 13 heteroatoms. The fourth-order valence-electron chi connectivity index (χ4n) is 7.27. The van der Waals surface area contributed by atoms with Gasteiger partial charge in [0.1, 0.15) is 36.3 Å². The van der Waals surface area contributed by atoms with Crippen LogP contribution >= 0.6 is 0 Å². The Bertz CT molecular complexity index is 1390. The van der Waals surface area contributed by atoms with Crippen LogP contribution in [0, 0.1) is 5.92 Å². The van der Waals surface area contributed by atoms with Gasteiger partial charge in [0, 0.05) is 26.1 Å². The number of aliphatic hydroxyl groups is 1. The molecule has 256 valence electrons. The average molecular weight is 654 g/mol. The number of rotatable bonds is 5. The molecule has 4 aliphatic rings. The average Bonchev–Trinajstić information content (AvgIpc) is 3.87. The van der Waals surface area contributed by atoms with E-state index in [0.29, 0.717) is 50.3 Å². The summed E-state index contributed by atoms with van der Waals surface area (Å²) in [6, 6.07) is 2.41. The monoisotopic (exact) mass is 653 g/mol. The Morgan fingerprint density at radius 1 is 0.745 bits per heavy atom. The third kappa shape index (κ3) is 7.29. The van der Waals surface area contributed by atoms with E-state index in [1.165, 1.54) is 21.6 Å². The third-order valence-corrected chi connectivity index (χ3v) is 10.1. The van der Waals surface area contributed by atoms with Crippen molar-refractivity contribution in [2.45, 2.75) is 114 Å². The fourth-order valence-corrected chi connectivity index (χ4v) is 7.27. The Kier molecular flexibility index (Phi) is 10.4. The second-order valence-electron chi connectivity index (χ2n) is 13.3. The molecule has 4 fully saturated rings. The normalized spacial score (nSPS) is 31.4. The molecule has 0 spiro atoms. The molecule has 0 aromatic heterocycles. The van der Waals surface area contributed by atoms with Crippen molar-refractivity contribution in [1.29, 1.82) is 0 Å². The molecule has 5 rings (SSSR count). The first-order valence-corrected chi connectivity index (χ1v) is 17.0. The van der Waals surface area contributed by atoms with Gasteiger partial charge in [0.05, 0.1) is 6.10 Å². The van der Waals surface area contributed by atoms with Gasteiger partial charge in [0.15, 0.2) is 1.41 Å². The number of benzene rings is 1. The van der Waals surface area contributed by atoms with Gasteiger partial charge in [-0.25, -0.2) is 0 Å². The standard InChI is InChI=1S/C34H48N6O7/c1-4-20(2)27-33(46)40-18-10-15-26(40)32(45)38-16-8-14-25(38)31(44)37-28(21(3)41)34(47)39-17-9-13-24(39)30(43)35-23(29(42)36-27)19-22-11-6-5-7-12-22/h5-7,11-12,20-21,23-28,41H,4,8-10,13-19H2,1-3H3,(H,35,43)(H,36,42)(H,37,44)/t20-,21-,23+,24-,25-,26-,27-,28+/m0/s1/i/hD. The fraction of sp³-hybridized carbons (Fsp3) is 0.647. The Morgan fingerprint density at radius 2 is 1.26 bits per heavy atom. The van der Waals surface area contributed by atoms with Gasteiger partial charge >= 0.3 is 0 Å². The van der Waals surface area contributed by atoms with Gasteiger partial charge in [-0.05, 0) is 56.9 Å². The highest BCUT2D eigenvalue weighted by Crippen LogP contribution is 2.28. The lowest BCUT2D eigenvalue weighted by atomic mass is 9.96. The van der Waals surface area contributed by atoms with Gasteiger partial charge in [-0.2, -0.15) is 0 Å². The summed E-state index contributed by atoms with van der Waals surface area (Å²) in [5, 5.41) is 16.8. The number of hydrogen-bond donors (Lipinski definition) is 4. The summed E-state index contributed by atoms with van der Waals surface area (Å²) in [5.74, 6) is -3.95. The SMILES string of the molecule is [2H]N1C(=O)[C@@H](Cc2ccccc2)NC(=O)[C@@H]2CCCN2C(=O)[C@@H]([C@H](C)O)NC(=O)[C@@H]2CCCN2C(=O)[C@@H]2CCCN2C(=O)[C@@H]1[C@@H](C)CC. The van der Waals surface area contributed by atoms with Gasteiger partial charge in [-0.3, -0.25) is 28.8 Å². The first-order valence-electron chi connectivity index (χ1n) is 17.4. The van der Waals surface area contributed by atoms with Crippen LogP contribution in [-0.4, -0.2) is 117 Å². The van der Waals surface area contributed by atoms with E-state index in [2.05, 4.69) is 10.6 Å². The molecule has 4 aliphatic heterocycles. The van der Waals surface area contributed by atoms with E-state index in [4.69, 9.17) is 1.41 Å². The lowest BCUT2D eigenvalue weighted by molar-refractivity contribution is -0.150. The molecule has 4 saturated heterocycles. The molecular weight excluding hydrogens is 604 g/mol. The lowest BCUT2D eigenvalue weighted by Crippen LogP contribution is -2.63. The minimum Gasteiger partial charge on any atom is -0.391 e. The Morgan fingerprint density at radius 3 is 1.83 bits per heavy atom. The van der Waals surface area contributed by atoms with Gasteiger partial charge in [0.25, 0.3) is 0 Å². The second kappa shape index (κ2) is 14.8. The zero-order valence-electron chi connectivity index (χ0n) is 28.5. The summed E-state index contributed by atoms with van der Waals surface area (Å²) in [5.41, 5.74) is 0.722. The molecule has 6 amide bonds. The van der Waals surface area contributed by atoms with Crippen molar-refractivity contribution >= 4 is 35.4 Å².